The lowest BCUT2D eigenvalue weighted by atomic mass is 9.86. The van der Waals surface area contributed by atoms with Crippen LogP contribution in [0.2, 0.25) is 0 Å². The lowest BCUT2D eigenvalue weighted by Crippen LogP contribution is -2.41. The van der Waals surface area contributed by atoms with Crippen LogP contribution in [0.15, 0.2) is 47.1 Å². The molecule has 7 nitrogen and oxygen atoms in total. The lowest BCUT2D eigenvalue weighted by Gasteiger charge is -2.41. The smallest absolute Gasteiger partial charge is 0.254 e. The minimum Gasteiger partial charge on any atom is -0.383 e. The van der Waals surface area contributed by atoms with E-state index in [-0.39, 0.29) is 11.9 Å². The maximum Gasteiger partial charge on any atom is 0.254 e. The van der Waals surface area contributed by atoms with Gasteiger partial charge in [-0.25, -0.2) is 4.98 Å². The summed E-state index contributed by atoms with van der Waals surface area (Å²) in [6.45, 7) is 4.54. The maximum absolute atomic E-state index is 13.5. The van der Waals surface area contributed by atoms with Crippen LogP contribution in [-0.4, -0.2) is 39.2 Å². The van der Waals surface area contributed by atoms with Crippen LogP contribution in [0.4, 0.5) is 5.82 Å². The van der Waals surface area contributed by atoms with Crippen molar-refractivity contribution >= 4 is 49.5 Å². The molecular formula is C24H24BrN5O2. The first-order chi connectivity index (χ1) is 15.2. The molecule has 32 heavy (non-hydrogen) atoms. The van der Waals surface area contributed by atoms with Crippen LogP contribution in [-0.2, 0) is 17.4 Å². The molecule has 164 valence electrons. The van der Waals surface area contributed by atoms with Crippen LogP contribution in [0.3, 0.4) is 0 Å². The summed E-state index contributed by atoms with van der Waals surface area (Å²) in [5, 5.41) is 5.94. The van der Waals surface area contributed by atoms with Crippen molar-refractivity contribution in [3.05, 3.63) is 63.8 Å². The van der Waals surface area contributed by atoms with E-state index in [0.29, 0.717) is 18.0 Å². The number of rotatable bonds is 2. The van der Waals surface area contributed by atoms with E-state index >= 15 is 0 Å². The zero-order valence-corrected chi connectivity index (χ0v) is 20.0. The average molecular weight is 494 g/mol. The summed E-state index contributed by atoms with van der Waals surface area (Å²) in [5.41, 5.74) is 10.0. The first-order valence-electron chi connectivity index (χ1n) is 10.4. The molecule has 0 spiro atoms. The molecule has 2 N–H and O–H groups in total. The predicted molar refractivity (Wildman–Crippen MR) is 128 cm³/mol. The van der Waals surface area contributed by atoms with Gasteiger partial charge in [-0.3, -0.25) is 9.48 Å². The van der Waals surface area contributed by atoms with E-state index < -0.39 is 5.60 Å². The molecule has 1 amide bonds. The molecule has 2 aromatic carbocycles. The Morgan fingerprint density at radius 3 is 2.81 bits per heavy atom. The number of hydrogen-bond donors (Lipinski definition) is 1. The van der Waals surface area contributed by atoms with Crippen molar-refractivity contribution in [2.24, 2.45) is 7.05 Å². The van der Waals surface area contributed by atoms with Crippen molar-refractivity contribution < 1.29 is 9.53 Å². The fourth-order valence-electron chi connectivity index (χ4n) is 4.55. The minimum absolute atomic E-state index is 0.0822. The first-order valence-corrected chi connectivity index (χ1v) is 11.2. The van der Waals surface area contributed by atoms with Crippen molar-refractivity contribution in [1.82, 2.24) is 19.7 Å². The SMILES string of the molecule is CN(C(=O)c1ccc2nc(N)c3cnn(C)c3c2c1)[C@@H]1COC(C)(C)c2cc(Br)ccc21. The molecule has 0 unspecified atom stereocenters. The fourth-order valence-corrected chi connectivity index (χ4v) is 4.91. The highest BCUT2D eigenvalue weighted by molar-refractivity contribution is 9.10. The Kier molecular flexibility index (Phi) is 4.76. The van der Waals surface area contributed by atoms with Gasteiger partial charge in [-0.2, -0.15) is 5.10 Å². The zero-order chi connectivity index (χ0) is 22.8. The lowest BCUT2D eigenvalue weighted by molar-refractivity contribution is -0.0612. The van der Waals surface area contributed by atoms with E-state index in [2.05, 4.69) is 52.0 Å². The molecule has 0 radical (unpaired) electrons. The molecule has 3 heterocycles. The van der Waals surface area contributed by atoms with E-state index in [1.54, 1.807) is 21.8 Å². The molecule has 0 fully saturated rings. The van der Waals surface area contributed by atoms with Crippen LogP contribution < -0.4 is 5.73 Å². The molecule has 2 aromatic heterocycles. The number of carbonyl (C=O) groups is 1. The molecule has 0 bridgehead atoms. The van der Waals surface area contributed by atoms with Crippen molar-refractivity contribution in [3.63, 3.8) is 0 Å². The molecule has 5 rings (SSSR count). The monoisotopic (exact) mass is 493 g/mol. The Morgan fingerprint density at radius 1 is 1.25 bits per heavy atom. The number of fused-ring (bicyclic) bond motifs is 4. The third kappa shape index (κ3) is 3.17. The van der Waals surface area contributed by atoms with Gasteiger partial charge in [0.1, 0.15) is 5.82 Å². The van der Waals surface area contributed by atoms with Gasteiger partial charge < -0.3 is 15.4 Å². The number of nitrogens with zero attached hydrogens (tertiary/aromatic N) is 4. The summed E-state index contributed by atoms with van der Waals surface area (Å²) >= 11 is 3.56. The first kappa shape index (κ1) is 20.9. The number of aryl methyl sites for hydroxylation is 1. The zero-order valence-electron chi connectivity index (χ0n) is 18.4. The van der Waals surface area contributed by atoms with Crippen LogP contribution >= 0.6 is 15.9 Å². The Labute approximate surface area is 194 Å². The maximum atomic E-state index is 13.5. The normalized spacial score (nSPS) is 17.5. The van der Waals surface area contributed by atoms with Gasteiger partial charge in [0.25, 0.3) is 5.91 Å². The van der Waals surface area contributed by atoms with Gasteiger partial charge in [-0.15, -0.1) is 0 Å². The summed E-state index contributed by atoms with van der Waals surface area (Å²) in [7, 11) is 3.68. The summed E-state index contributed by atoms with van der Waals surface area (Å²) in [6, 6.07) is 11.5. The second-order valence-corrected chi connectivity index (χ2v) is 9.66. The number of hydrogen-bond acceptors (Lipinski definition) is 5. The molecule has 0 saturated heterocycles. The number of carbonyl (C=O) groups excluding carboxylic acids is 1. The van der Waals surface area contributed by atoms with Crippen LogP contribution in [0.25, 0.3) is 21.8 Å². The number of pyridine rings is 1. The number of nitrogen functional groups attached to an aromatic ring is 1. The van der Waals surface area contributed by atoms with Crippen molar-refractivity contribution in [2.75, 3.05) is 19.4 Å². The van der Waals surface area contributed by atoms with E-state index in [0.717, 1.165) is 37.4 Å². The number of aromatic nitrogens is 3. The molecule has 0 aliphatic carbocycles. The Balaban J connectivity index is 1.57. The Bertz CT molecular complexity index is 1390. The number of ether oxygens (including phenoxy) is 1. The van der Waals surface area contributed by atoms with Gasteiger partial charge in [0, 0.05) is 29.5 Å². The fraction of sp³-hybridized carbons (Fsp3) is 0.292. The van der Waals surface area contributed by atoms with Gasteiger partial charge in [-0.1, -0.05) is 22.0 Å². The number of nitrogens with two attached hydrogens (primary N) is 1. The summed E-state index contributed by atoms with van der Waals surface area (Å²) in [4.78, 5) is 19.8. The Morgan fingerprint density at radius 2 is 2.03 bits per heavy atom. The number of halogens is 1. The molecule has 1 atom stereocenters. The minimum atomic E-state index is -0.417. The third-order valence-electron chi connectivity index (χ3n) is 6.37. The van der Waals surface area contributed by atoms with E-state index in [4.69, 9.17) is 10.5 Å². The summed E-state index contributed by atoms with van der Waals surface area (Å²) < 4.78 is 8.92. The van der Waals surface area contributed by atoms with Crippen molar-refractivity contribution in [1.29, 1.82) is 0 Å². The largest absolute Gasteiger partial charge is 0.383 e. The van der Waals surface area contributed by atoms with Gasteiger partial charge >= 0.3 is 0 Å². The second-order valence-electron chi connectivity index (χ2n) is 8.74. The summed E-state index contributed by atoms with van der Waals surface area (Å²) in [6.07, 6.45) is 1.70. The molecule has 4 aromatic rings. The molecule has 8 heteroatoms. The summed E-state index contributed by atoms with van der Waals surface area (Å²) in [5.74, 6) is 0.350. The van der Waals surface area contributed by atoms with Crippen molar-refractivity contribution in [3.8, 4) is 0 Å². The molecule has 0 saturated carbocycles. The highest BCUT2D eigenvalue weighted by Gasteiger charge is 2.37. The van der Waals surface area contributed by atoms with Crippen LogP contribution in [0.5, 0.6) is 0 Å². The van der Waals surface area contributed by atoms with E-state index in [1.807, 2.05) is 32.3 Å². The van der Waals surface area contributed by atoms with Gasteiger partial charge in [0.15, 0.2) is 0 Å². The second kappa shape index (κ2) is 7.28. The molecule has 1 aliphatic rings. The highest BCUT2D eigenvalue weighted by atomic mass is 79.9. The average Bonchev–Trinajstić information content (AvgIpc) is 3.16. The molecular weight excluding hydrogens is 470 g/mol. The van der Waals surface area contributed by atoms with Gasteiger partial charge in [0.05, 0.1) is 40.9 Å². The third-order valence-corrected chi connectivity index (χ3v) is 6.86. The van der Waals surface area contributed by atoms with E-state index in [1.165, 1.54) is 0 Å². The predicted octanol–water partition coefficient (Wildman–Crippen LogP) is 4.54. The number of amides is 1. The number of likely N-dealkylation sites (N-methyl/N-ethyl adjacent to an activating group) is 1. The number of anilines is 1. The van der Waals surface area contributed by atoms with Crippen LogP contribution in [0, 0.1) is 0 Å². The van der Waals surface area contributed by atoms with Gasteiger partial charge in [-0.05, 0) is 55.3 Å². The number of benzene rings is 2. The standard InChI is InChI=1S/C24H24BrN5O2/c1-24(2)18-10-14(25)6-7-15(18)20(12-32-24)29(3)23(31)13-5-8-19-16(9-13)21-17(22(26)28-19)11-27-30(21)4/h5-11,20H,12H2,1-4H3,(H2,26,28)/t20-/m1/s1. The Hall–Kier alpha value is -2.97. The van der Waals surface area contributed by atoms with E-state index in [9.17, 15) is 4.79 Å². The topological polar surface area (TPSA) is 86.3 Å². The van der Waals surface area contributed by atoms with Crippen LogP contribution in [0.1, 0.15) is 41.4 Å². The highest BCUT2D eigenvalue weighted by Crippen LogP contribution is 2.40. The van der Waals surface area contributed by atoms with Gasteiger partial charge in [0.2, 0.25) is 0 Å². The van der Waals surface area contributed by atoms with Crippen molar-refractivity contribution in [2.45, 2.75) is 25.5 Å². The quantitative estimate of drug-likeness (QED) is 0.442. The molecule has 1 aliphatic heterocycles.